The van der Waals surface area contributed by atoms with Crippen molar-refractivity contribution in [2.45, 2.75) is 84.7 Å². The molecular weight excluding hydrogens is 340 g/mol. The van der Waals surface area contributed by atoms with Gasteiger partial charge in [0, 0.05) is 5.41 Å². The number of fused-ring (bicyclic) bond motifs is 5. The van der Waals surface area contributed by atoms with Crippen LogP contribution in [0.15, 0.2) is 29.8 Å². The van der Waals surface area contributed by atoms with Crippen molar-refractivity contribution in [3.8, 4) is 0 Å². The molecule has 0 amide bonds. The normalized spacial score (nSPS) is 46.7. The van der Waals surface area contributed by atoms with Gasteiger partial charge in [0.15, 0.2) is 0 Å². The molecule has 0 saturated heterocycles. The first kappa shape index (κ1) is 18.9. The van der Waals surface area contributed by atoms with Gasteiger partial charge in [0.25, 0.3) is 0 Å². The average molecular weight is 379 g/mol. The summed E-state index contributed by atoms with van der Waals surface area (Å²) in [5, 5.41) is 11.4. The molecule has 1 heteroatoms. The first-order valence-electron chi connectivity index (χ1n) is 11.9. The molecule has 1 nitrogen and oxygen atoms in total. The van der Waals surface area contributed by atoms with Crippen LogP contribution in [0.5, 0.6) is 0 Å². The molecule has 0 spiro atoms. The number of hydrogen-bond acceptors (Lipinski definition) is 1. The molecule has 152 valence electrons. The van der Waals surface area contributed by atoms with Crippen LogP contribution in [0.25, 0.3) is 6.08 Å². The Hall–Kier alpha value is -1.08. The molecule has 1 N–H and O–H groups in total. The number of aliphatic hydroxyl groups excluding tert-OH is 1. The Morgan fingerprint density at radius 3 is 2.46 bits per heavy atom. The molecule has 0 aromatic heterocycles. The van der Waals surface area contributed by atoms with Crippen molar-refractivity contribution in [1.82, 2.24) is 0 Å². The average Bonchev–Trinajstić information content (AvgIpc) is 2.94. The Kier molecular flexibility index (Phi) is 4.54. The van der Waals surface area contributed by atoms with Gasteiger partial charge in [-0.25, -0.2) is 0 Å². The van der Waals surface area contributed by atoms with Crippen molar-refractivity contribution in [2.75, 3.05) is 0 Å². The van der Waals surface area contributed by atoms with Crippen LogP contribution in [0.4, 0.5) is 0 Å². The molecule has 5 rings (SSSR count). The van der Waals surface area contributed by atoms with Gasteiger partial charge >= 0.3 is 0 Å². The van der Waals surface area contributed by atoms with Gasteiger partial charge in [0.1, 0.15) is 0 Å². The van der Waals surface area contributed by atoms with Crippen LogP contribution in [0, 0.1) is 41.4 Å². The first-order chi connectivity index (χ1) is 13.4. The Bertz CT molecular complexity index is 761. The van der Waals surface area contributed by atoms with Gasteiger partial charge in [0.05, 0.1) is 6.10 Å². The Morgan fingerprint density at radius 2 is 1.68 bits per heavy atom. The zero-order valence-corrected chi connectivity index (χ0v) is 18.1. The highest BCUT2D eigenvalue weighted by Crippen LogP contribution is 2.67. The molecule has 28 heavy (non-hydrogen) atoms. The fourth-order valence-corrected chi connectivity index (χ4v) is 8.17. The molecule has 4 fully saturated rings. The summed E-state index contributed by atoms with van der Waals surface area (Å²) in [4.78, 5) is 0. The predicted octanol–water partition coefficient (Wildman–Crippen LogP) is 6.78. The van der Waals surface area contributed by atoms with E-state index in [1.54, 1.807) is 0 Å². The standard InChI is InChI=1S/C27H38O/c1-18-7-9-19(10-8-18)16-20-17-24-22-12-11-21-6-4-5-14-26(21,2)23(22)13-15-27(24,3)25(20)28/h7-10,16,21-25,28H,4-6,11-15,17H2,1-3H3/b20-16+/t21-,22+,23+,24+,25-,26-,27-/m0/s1. The molecule has 0 heterocycles. The fourth-order valence-electron chi connectivity index (χ4n) is 8.17. The molecule has 4 aliphatic carbocycles. The molecule has 4 aliphatic rings. The summed E-state index contributed by atoms with van der Waals surface area (Å²) in [6, 6.07) is 8.78. The van der Waals surface area contributed by atoms with E-state index in [4.69, 9.17) is 0 Å². The van der Waals surface area contributed by atoms with Crippen LogP contribution in [-0.2, 0) is 0 Å². The largest absolute Gasteiger partial charge is 0.388 e. The minimum Gasteiger partial charge on any atom is -0.388 e. The van der Waals surface area contributed by atoms with Crippen LogP contribution in [-0.4, -0.2) is 11.2 Å². The molecule has 4 saturated carbocycles. The van der Waals surface area contributed by atoms with Crippen LogP contribution in [0.2, 0.25) is 0 Å². The van der Waals surface area contributed by atoms with Gasteiger partial charge in [-0.1, -0.05) is 62.6 Å². The lowest BCUT2D eigenvalue weighted by Gasteiger charge is -2.60. The highest BCUT2D eigenvalue weighted by atomic mass is 16.3. The maximum Gasteiger partial charge on any atom is 0.0809 e. The Balaban J connectivity index is 1.45. The van der Waals surface area contributed by atoms with Crippen LogP contribution < -0.4 is 0 Å². The summed E-state index contributed by atoms with van der Waals surface area (Å²) in [5.41, 5.74) is 4.52. The molecule has 0 radical (unpaired) electrons. The monoisotopic (exact) mass is 378 g/mol. The van der Waals surface area contributed by atoms with Gasteiger partial charge in [-0.05, 0) is 92.1 Å². The molecule has 0 unspecified atom stereocenters. The minimum absolute atomic E-state index is 0.0928. The first-order valence-corrected chi connectivity index (χ1v) is 11.9. The van der Waals surface area contributed by atoms with E-state index in [1.807, 2.05) is 0 Å². The smallest absolute Gasteiger partial charge is 0.0809 e. The minimum atomic E-state index is -0.253. The third-order valence-electron chi connectivity index (χ3n) is 9.88. The molecule has 0 aliphatic heterocycles. The lowest BCUT2D eigenvalue weighted by molar-refractivity contribution is -0.119. The molecular formula is C27H38O. The number of benzene rings is 1. The zero-order chi connectivity index (χ0) is 19.5. The lowest BCUT2D eigenvalue weighted by atomic mass is 9.45. The van der Waals surface area contributed by atoms with Crippen molar-refractivity contribution < 1.29 is 5.11 Å². The third-order valence-corrected chi connectivity index (χ3v) is 9.88. The number of hydrogen-bond donors (Lipinski definition) is 1. The maximum absolute atomic E-state index is 11.4. The summed E-state index contributed by atoms with van der Waals surface area (Å²) in [5.74, 6) is 3.38. The summed E-state index contributed by atoms with van der Waals surface area (Å²) in [6.45, 7) is 7.19. The fraction of sp³-hybridized carbons (Fsp3) is 0.704. The van der Waals surface area contributed by atoms with Gasteiger partial charge in [0.2, 0.25) is 0 Å². The number of aliphatic hydroxyl groups is 1. The van der Waals surface area contributed by atoms with Gasteiger partial charge in [-0.3, -0.25) is 0 Å². The highest BCUT2D eigenvalue weighted by molar-refractivity contribution is 5.56. The second kappa shape index (κ2) is 6.73. The molecule has 1 aromatic rings. The van der Waals surface area contributed by atoms with Crippen molar-refractivity contribution in [3.63, 3.8) is 0 Å². The van der Waals surface area contributed by atoms with Gasteiger partial charge < -0.3 is 5.11 Å². The second-order valence-electron chi connectivity index (χ2n) is 11.2. The quantitative estimate of drug-likeness (QED) is 0.571. The van der Waals surface area contributed by atoms with Crippen LogP contribution in [0.3, 0.4) is 0 Å². The van der Waals surface area contributed by atoms with Gasteiger partial charge in [-0.2, -0.15) is 0 Å². The number of aryl methyl sites for hydroxylation is 1. The van der Waals surface area contributed by atoms with E-state index in [1.165, 1.54) is 68.1 Å². The van der Waals surface area contributed by atoms with Crippen molar-refractivity contribution in [2.24, 2.45) is 34.5 Å². The van der Waals surface area contributed by atoms with E-state index in [0.717, 1.165) is 24.2 Å². The Morgan fingerprint density at radius 1 is 0.893 bits per heavy atom. The topological polar surface area (TPSA) is 20.2 Å². The van der Waals surface area contributed by atoms with Crippen molar-refractivity contribution >= 4 is 6.08 Å². The molecule has 0 bridgehead atoms. The lowest BCUT2D eigenvalue weighted by Crippen LogP contribution is -2.53. The van der Waals surface area contributed by atoms with Crippen LogP contribution >= 0.6 is 0 Å². The van der Waals surface area contributed by atoms with E-state index in [9.17, 15) is 5.11 Å². The van der Waals surface area contributed by atoms with E-state index < -0.39 is 0 Å². The summed E-state index contributed by atoms with van der Waals surface area (Å²) in [7, 11) is 0. The van der Waals surface area contributed by atoms with Crippen LogP contribution in [0.1, 0.15) is 82.8 Å². The molecule has 1 aromatic carbocycles. The predicted molar refractivity (Wildman–Crippen MR) is 117 cm³/mol. The highest BCUT2D eigenvalue weighted by Gasteiger charge is 2.60. The van der Waals surface area contributed by atoms with E-state index in [-0.39, 0.29) is 11.5 Å². The summed E-state index contributed by atoms with van der Waals surface area (Å²) >= 11 is 0. The van der Waals surface area contributed by atoms with Crippen molar-refractivity contribution in [1.29, 1.82) is 0 Å². The third kappa shape index (κ3) is 2.76. The molecule has 7 atom stereocenters. The van der Waals surface area contributed by atoms with Crippen molar-refractivity contribution in [3.05, 3.63) is 41.0 Å². The maximum atomic E-state index is 11.4. The number of rotatable bonds is 1. The van der Waals surface area contributed by atoms with E-state index >= 15 is 0 Å². The summed E-state index contributed by atoms with van der Waals surface area (Å²) in [6.07, 6.45) is 14.4. The zero-order valence-electron chi connectivity index (χ0n) is 18.1. The second-order valence-corrected chi connectivity index (χ2v) is 11.2. The van der Waals surface area contributed by atoms with E-state index in [2.05, 4.69) is 51.1 Å². The SMILES string of the molecule is Cc1ccc(/C=C2\C[C@@H]3[C@@H]4CC[C@@H]5CCCC[C@]5(C)[C@@H]4CC[C@]3(C)[C@H]2O)cc1. The van der Waals surface area contributed by atoms with Gasteiger partial charge in [-0.15, -0.1) is 0 Å². The summed E-state index contributed by atoms with van der Waals surface area (Å²) < 4.78 is 0. The van der Waals surface area contributed by atoms with E-state index in [0.29, 0.717) is 11.3 Å². The Labute approximate surface area is 171 Å².